The third kappa shape index (κ3) is 6.47. The van der Waals surface area contributed by atoms with Crippen molar-refractivity contribution in [1.82, 2.24) is 4.98 Å². The van der Waals surface area contributed by atoms with Crippen LogP contribution in [0, 0.1) is 6.92 Å². The predicted molar refractivity (Wildman–Crippen MR) is 100 cm³/mol. The molecule has 0 saturated carbocycles. The molecule has 0 aliphatic carbocycles. The molecule has 0 fully saturated rings. The number of anilines is 1. The van der Waals surface area contributed by atoms with Gasteiger partial charge in [-0.3, -0.25) is 0 Å². The molecule has 0 unspecified atom stereocenters. The summed E-state index contributed by atoms with van der Waals surface area (Å²) >= 11 is -0.703. The minimum atomic E-state index is -0.703. The van der Waals surface area contributed by atoms with E-state index in [2.05, 4.69) is 32.9 Å². The topological polar surface area (TPSA) is 38.9 Å². The summed E-state index contributed by atoms with van der Waals surface area (Å²) in [6, 6.07) is 4.29. The van der Waals surface area contributed by atoms with Crippen LogP contribution in [0.2, 0.25) is 3.43 Å². The van der Waals surface area contributed by atoms with Crippen molar-refractivity contribution in [3.8, 4) is 0 Å². The molecule has 1 heterocycles. The number of pyridine rings is 1. The third-order valence-electron chi connectivity index (χ3n) is 4.55. The zero-order chi connectivity index (χ0) is 16.4. The standard InChI is InChI=1S/C13H27.C6H7N2.Sn/c1-4-7-10-13(11-8-5-2)12-9-6-3;1-5-6(7)3-2-4-8-5;/h4-12H2,1-3H3;2-3H,7H2,1H3;. The molecule has 0 saturated heterocycles. The van der Waals surface area contributed by atoms with Crippen LogP contribution in [0.15, 0.2) is 12.1 Å². The number of nitrogens with two attached hydrogens (primary N) is 1. The summed E-state index contributed by atoms with van der Waals surface area (Å²) in [5.74, 6) is 0. The van der Waals surface area contributed by atoms with Crippen molar-refractivity contribution >= 4 is 30.5 Å². The molecular weight excluding hydrogens is 375 g/mol. The fourth-order valence-corrected chi connectivity index (χ4v) is 8.27. The summed E-state index contributed by atoms with van der Waals surface area (Å²) in [6.07, 6.45) is 12.3. The number of rotatable bonds is 11. The molecule has 0 aliphatic heterocycles. The minimum absolute atomic E-state index is 0.612. The van der Waals surface area contributed by atoms with Crippen LogP contribution in [0.5, 0.6) is 0 Å². The molecule has 1 rings (SSSR count). The monoisotopic (exact) mass is 410 g/mol. The second-order valence-corrected chi connectivity index (χ2v) is 11.8. The molecule has 1 aromatic heterocycles. The van der Waals surface area contributed by atoms with Crippen molar-refractivity contribution in [2.45, 2.75) is 88.9 Å². The van der Waals surface area contributed by atoms with E-state index in [0.29, 0.717) is 3.43 Å². The molecule has 1 aromatic rings. The summed E-state index contributed by atoms with van der Waals surface area (Å²) in [4.78, 5) is 4.83. The van der Waals surface area contributed by atoms with E-state index in [1.807, 2.05) is 6.92 Å². The van der Waals surface area contributed by atoms with Gasteiger partial charge in [-0.25, -0.2) is 0 Å². The molecule has 124 valence electrons. The van der Waals surface area contributed by atoms with E-state index in [-0.39, 0.29) is 0 Å². The van der Waals surface area contributed by atoms with Gasteiger partial charge in [0.2, 0.25) is 0 Å². The first kappa shape index (κ1) is 19.8. The van der Waals surface area contributed by atoms with Crippen LogP contribution in [0.1, 0.15) is 84.3 Å². The van der Waals surface area contributed by atoms with Crippen LogP contribution in [0.3, 0.4) is 0 Å². The molecule has 0 bridgehead atoms. The van der Waals surface area contributed by atoms with Crippen molar-refractivity contribution < 1.29 is 0 Å². The van der Waals surface area contributed by atoms with Gasteiger partial charge in [-0.05, 0) is 0 Å². The zero-order valence-corrected chi connectivity index (χ0v) is 17.9. The number of hydrogen-bond donors (Lipinski definition) is 1. The van der Waals surface area contributed by atoms with Gasteiger partial charge in [0, 0.05) is 0 Å². The molecule has 0 aliphatic rings. The van der Waals surface area contributed by atoms with E-state index >= 15 is 0 Å². The van der Waals surface area contributed by atoms with Crippen molar-refractivity contribution in [3.63, 3.8) is 0 Å². The summed E-state index contributed by atoms with van der Waals surface area (Å²) in [5.41, 5.74) is 7.81. The average molecular weight is 409 g/mol. The van der Waals surface area contributed by atoms with Gasteiger partial charge in [-0.15, -0.1) is 0 Å². The van der Waals surface area contributed by atoms with Gasteiger partial charge in [0.25, 0.3) is 0 Å². The Hall–Kier alpha value is -0.251. The number of nitrogen functional groups attached to an aromatic ring is 1. The Morgan fingerprint density at radius 2 is 1.45 bits per heavy atom. The van der Waals surface area contributed by atoms with Gasteiger partial charge >= 0.3 is 148 Å². The summed E-state index contributed by atoms with van der Waals surface area (Å²) in [6.45, 7) is 9.01. The van der Waals surface area contributed by atoms with Crippen molar-refractivity contribution in [2.24, 2.45) is 0 Å². The second kappa shape index (κ2) is 10.5. The van der Waals surface area contributed by atoms with Crippen LogP contribution in [-0.2, 0) is 0 Å². The fraction of sp³-hybridized carbons (Fsp3) is 0.737. The normalized spacial score (nSPS) is 11.8. The van der Waals surface area contributed by atoms with Gasteiger partial charge in [0.05, 0.1) is 0 Å². The Kier molecular flexibility index (Phi) is 9.46. The Bertz CT molecular complexity index is 410. The van der Waals surface area contributed by atoms with E-state index in [0.717, 1.165) is 11.4 Å². The van der Waals surface area contributed by atoms with Crippen molar-refractivity contribution in [3.05, 3.63) is 17.8 Å². The summed E-state index contributed by atoms with van der Waals surface area (Å²) in [5, 5.41) is 0. The Labute approximate surface area is 147 Å². The number of hydrogen-bond acceptors (Lipinski definition) is 2. The van der Waals surface area contributed by atoms with Crippen molar-refractivity contribution in [2.75, 3.05) is 5.73 Å². The maximum absolute atomic E-state index is 5.95. The van der Waals surface area contributed by atoms with E-state index in [1.54, 1.807) is 0 Å². The Morgan fingerprint density at radius 3 is 1.86 bits per heavy atom. The summed E-state index contributed by atoms with van der Waals surface area (Å²) < 4.78 is 2.01. The van der Waals surface area contributed by atoms with Crippen LogP contribution in [-0.4, -0.2) is 26.1 Å². The first-order valence-electron chi connectivity index (χ1n) is 9.08. The molecule has 0 spiro atoms. The van der Waals surface area contributed by atoms with Gasteiger partial charge in [-0.1, -0.05) is 0 Å². The van der Waals surface area contributed by atoms with Gasteiger partial charge < -0.3 is 0 Å². The molecule has 3 heteroatoms. The van der Waals surface area contributed by atoms with Gasteiger partial charge in [-0.2, -0.15) is 0 Å². The number of aryl methyl sites for hydroxylation is 1. The van der Waals surface area contributed by atoms with Crippen LogP contribution in [0.4, 0.5) is 5.69 Å². The van der Waals surface area contributed by atoms with E-state index in [1.165, 1.54) is 61.5 Å². The molecule has 0 aromatic carbocycles. The SMILES string of the molecule is CCCC[C](CCCC)(CCCC)[Sn][c]1ccc(N)c(C)n1. The second-order valence-electron chi connectivity index (χ2n) is 6.59. The maximum atomic E-state index is 5.95. The first-order chi connectivity index (χ1) is 10.6. The molecule has 0 atom stereocenters. The van der Waals surface area contributed by atoms with Crippen molar-refractivity contribution in [1.29, 1.82) is 0 Å². The number of nitrogens with zero attached hydrogens (tertiary/aromatic N) is 1. The Morgan fingerprint density at radius 1 is 0.955 bits per heavy atom. The zero-order valence-electron chi connectivity index (χ0n) is 15.0. The molecule has 2 radical (unpaired) electrons. The molecule has 2 nitrogen and oxygen atoms in total. The number of unbranched alkanes of at least 4 members (excludes halogenated alkanes) is 3. The third-order valence-corrected chi connectivity index (χ3v) is 9.73. The van der Waals surface area contributed by atoms with Gasteiger partial charge in [0.15, 0.2) is 0 Å². The van der Waals surface area contributed by atoms with E-state index < -0.39 is 21.1 Å². The van der Waals surface area contributed by atoms with Crippen LogP contribution >= 0.6 is 0 Å². The fourth-order valence-electron chi connectivity index (χ4n) is 3.02. The quantitative estimate of drug-likeness (QED) is 0.521. The Balaban J connectivity index is 2.94. The molecule has 22 heavy (non-hydrogen) atoms. The summed E-state index contributed by atoms with van der Waals surface area (Å²) in [7, 11) is 0. The van der Waals surface area contributed by atoms with E-state index in [4.69, 9.17) is 10.7 Å². The molecular formula is C19H34N2Sn. The van der Waals surface area contributed by atoms with Crippen LogP contribution < -0.4 is 9.44 Å². The van der Waals surface area contributed by atoms with Gasteiger partial charge in [0.1, 0.15) is 0 Å². The van der Waals surface area contributed by atoms with Crippen LogP contribution in [0.25, 0.3) is 0 Å². The average Bonchev–Trinajstić information content (AvgIpc) is 2.52. The van der Waals surface area contributed by atoms with E-state index in [9.17, 15) is 0 Å². The molecule has 2 N–H and O–H groups in total. The molecule has 0 amide bonds. The predicted octanol–water partition coefficient (Wildman–Crippen LogP) is 5.03. The first-order valence-corrected chi connectivity index (χ1v) is 11.9. The number of aromatic nitrogens is 1.